The van der Waals surface area contributed by atoms with Crippen LogP contribution in [0.2, 0.25) is 0 Å². The molecule has 5 aromatic heterocycles. The summed E-state index contributed by atoms with van der Waals surface area (Å²) in [6.07, 6.45) is 0. The van der Waals surface area contributed by atoms with Gasteiger partial charge in [0.05, 0.1) is 73.0 Å². The molecule has 0 unspecified atom stereocenters. The minimum absolute atomic E-state index is 0. The number of primary sulfonamides is 1. The Morgan fingerprint density at radius 3 is 1.14 bits per heavy atom. The summed E-state index contributed by atoms with van der Waals surface area (Å²) in [7, 11) is -2.77. The molecule has 0 radical (unpaired) electrons. The summed E-state index contributed by atoms with van der Waals surface area (Å²) in [6, 6.07) is 41.1. The van der Waals surface area contributed by atoms with E-state index in [4.69, 9.17) is 40.5 Å². The molecule has 5 heterocycles. The molecule has 33 nitrogen and oxygen atoms in total. The third kappa shape index (κ3) is 21.1. The fourth-order valence-electron chi connectivity index (χ4n) is 7.01. The number of benzene rings is 4. The van der Waals surface area contributed by atoms with Crippen molar-refractivity contribution in [1.29, 1.82) is 0 Å². The molecule has 91 heavy (non-hydrogen) atoms. The van der Waals surface area contributed by atoms with Crippen molar-refractivity contribution in [2.45, 2.75) is 52.1 Å². The number of rotatable bonds is 18. The van der Waals surface area contributed by atoms with Crippen molar-refractivity contribution in [2.75, 3.05) is 38.8 Å². The first-order valence-electron chi connectivity index (χ1n) is 25.9. The number of halogens is 1. The summed E-state index contributed by atoms with van der Waals surface area (Å²) in [6.45, 7) is 9.41. The number of aromatic nitrogens is 10. The van der Waals surface area contributed by atoms with Crippen molar-refractivity contribution in [1.82, 2.24) is 55.5 Å². The van der Waals surface area contributed by atoms with Crippen LogP contribution in [0.15, 0.2) is 162 Å². The molecule has 0 fully saturated rings. The van der Waals surface area contributed by atoms with Crippen LogP contribution in [0.4, 0.5) is 17.5 Å². The van der Waals surface area contributed by atoms with E-state index in [-0.39, 0.29) is 79.4 Å². The highest BCUT2D eigenvalue weighted by Crippen LogP contribution is 2.22. The van der Waals surface area contributed by atoms with Gasteiger partial charge in [-0.05, 0) is 93.0 Å². The van der Waals surface area contributed by atoms with Crippen molar-refractivity contribution >= 4 is 77.1 Å². The number of carbonyl (C=O) groups is 5. The lowest BCUT2D eigenvalue weighted by Gasteiger charge is -2.06. The molecule has 484 valence electrons. The van der Waals surface area contributed by atoms with E-state index >= 15 is 0 Å². The van der Waals surface area contributed by atoms with E-state index < -0.39 is 69.6 Å². The van der Waals surface area contributed by atoms with E-state index in [1.54, 1.807) is 126 Å². The van der Waals surface area contributed by atoms with E-state index in [2.05, 4.69) is 35.3 Å². The van der Waals surface area contributed by atoms with Crippen LogP contribution < -0.4 is 17.0 Å². The van der Waals surface area contributed by atoms with Gasteiger partial charge in [0.25, 0.3) is 19.1 Å². The number of para-hydroxylation sites is 4. The number of carbonyl (C=O) groups excluding carboxylic acids is 5. The summed E-state index contributed by atoms with van der Waals surface area (Å²) in [5.74, 6) is -3.53. The lowest BCUT2D eigenvalue weighted by Crippen LogP contribution is -2.13. The first kappa shape index (κ1) is 74.2. The van der Waals surface area contributed by atoms with Crippen molar-refractivity contribution < 1.29 is 74.3 Å². The van der Waals surface area contributed by atoms with Gasteiger partial charge in [-0.25, -0.2) is 60.0 Å². The molecule has 0 saturated carbocycles. The summed E-state index contributed by atoms with van der Waals surface area (Å²) < 4.78 is 74.6. The Morgan fingerprint density at radius 2 is 0.813 bits per heavy atom. The number of hydrogen-bond acceptors (Lipinski definition) is 25. The summed E-state index contributed by atoms with van der Waals surface area (Å²) in [5.41, 5.74) is 8.27. The van der Waals surface area contributed by atoms with E-state index in [0.29, 0.717) is 29.4 Å². The number of hydrogen-bond donors (Lipinski definition) is 4. The Hall–Kier alpha value is -11.0. The fraction of sp³-hybridized carbons (Fsp3) is 0.200. The number of nitrogens with zero attached hydrogens (tertiary/aromatic N) is 11. The topological polar surface area (TPSA) is 473 Å². The van der Waals surface area contributed by atoms with E-state index in [1.807, 2.05) is 30.3 Å². The van der Waals surface area contributed by atoms with Gasteiger partial charge in [0.15, 0.2) is 38.5 Å². The quantitative estimate of drug-likeness (QED) is 0.0212. The molecule has 0 aliphatic heterocycles. The number of anilines is 1. The van der Waals surface area contributed by atoms with Gasteiger partial charge in [-0.3, -0.25) is 0 Å². The fourth-order valence-corrected chi connectivity index (χ4v) is 8.14. The number of ether oxygens (including phenoxy) is 5. The Morgan fingerprint density at radius 1 is 0.495 bits per heavy atom. The molecule has 9 aromatic rings. The van der Waals surface area contributed by atoms with E-state index in [0.717, 1.165) is 30.0 Å². The number of aromatic amines is 1. The van der Waals surface area contributed by atoms with Gasteiger partial charge in [0, 0.05) is 28.9 Å². The maximum Gasteiger partial charge on any atom is 0.391 e. The molecule has 0 aliphatic rings. The zero-order chi connectivity index (χ0) is 65.4. The molecule has 0 amide bonds. The molecule has 9 rings (SSSR count). The molecule has 0 atom stereocenters. The standard InChI is InChI=1S/C12H11ClN2O4S.C12H13N3O4S.C12H11N3O4.C12H13N3O2.C6H7N3O4.CH4.H3N/c2*1-2-19-12(16)10-8-11(20(13,17)18)14-15(10)9-6-4-3-5-7-9;1-2-19-12(16)10-8-11(15(17)18)13-14(10)9-6-4-3-5-7-9;1-2-17-12(16)10-8-11(13)14-15(10)9-6-4-3-5-7-9;1-2-13-6(10)4-3-5(8-7-4)9(11)12;;/h3-8H,2H2,1H3;3-8H,2H2,1H3,(H2,13,17,18);3-8H,2H2,1H3;3-8H,2H2,1H3,(H2,13,14);3H,2H2,1H3,(H,7,8);1H4;1H3. The SMILES string of the molecule is C.CCOC(=O)c1cc(N)nn1-c1ccccc1.CCOC(=O)c1cc(S(=O)(=O)Cl)nn1-c1ccccc1.CCOC(=O)c1cc(S(N)(=O)=O)nn1-c1ccccc1.CCOC(=O)c1cc([N+](=O)[O-])[nH]n1.CCOC(=O)c1cc([N+](=O)[O-])nn1-c1ccccc1.N. The maximum absolute atomic E-state index is 11.9. The third-order valence-corrected chi connectivity index (χ3v) is 12.7. The van der Waals surface area contributed by atoms with Crippen LogP contribution in [0.3, 0.4) is 0 Å². The van der Waals surface area contributed by atoms with Gasteiger partial charge in [0.1, 0.15) is 5.82 Å². The van der Waals surface area contributed by atoms with Crippen molar-refractivity contribution in [2.24, 2.45) is 5.14 Å². The number of esters is 5. The van der Waals surface area contributed by atoms with Crippen molar-refractivity contribution in [3.8, 4) is 22.7 Å². The highest BCUT2D eigenvalue weighted by molar-refractivity contribution is 8.13. The monoisotopic (exact) mass is 1320 g/mol. The minimum atomic E-state index is -4.03. The van der Waals surface area contributed by atoms with Crippen LogP contribution >= 0.6 is 10.7 Å². The Labute approximate surface area is 523 Å². The Balaban J connectivity index is 0.000000297. The summed E-state index contributed by atoms with van der Waals surface area (Å²) >= 11 is 0. The first-order valence-corrected chi connectivity index (χ1v) is 29.8. The second-order valence-corrected chi connectivity index (χ2v) is 20.8. The summed E-state index contributed by atoms with van der Waals surface area (Å²) in [4.78, 5) is 77.8. The molecule has 0 aliphatic carbocycles. The zero-order valence-corrected chi connectivity index (χ0v) is 50.7. The first-order chi connectivity index (χ1) is 42.4. The van der Waals surface area contributed by atoms with Gasteiger partial charge in [0.2, 0.25) is 0 Å². The van der Waals surface area contributed by atoms with Gasteiger partial charge >= 0.3 is 41.5 Å². The number of nitrogens with two attached hydrogens (primary N) is 2. The smallest absolute Gasteiger partial charge is 0.391 e. The van der Waals surface area contributed by atoms with Crippen LogP contribution in [0, 0.1) is 20.2 Å². The molecule has 8 N–H and O–H groups in total. The van der Waals surface area contributed by atoms with Crippen molar-refractivity contribution in [3.05, 3.63) is 200 Å². The van der Waals surface area contributed by atoms with Crippen LogP contribution in [0.1, 0.15) is 94.5 Å². The Bertz CT molecular complexity index is 4000. The van der Waals surface area contributed by atoms with E-state index in [9.17, 15) is 61.0 Å². The molecule has 4 aromatic carbocycles. The third-order valence-electron chi connectivity index (χ3n) is 10.7. The average molecular weight is 1320 g/mol. The average Bonchev–Trinajstić information content (AvgIpc) is 2.53. The predicted molar refractivity (Wildman–Crippen MR) is 327 cm³/mol. The Kier molecular flexibility index (Phi) is 28.6. The molecule has 0 spiro atoms. The highest BCUT2D eigenvalue weighted by atomic mass is 35.7. The highest BCUT2D eigenvalue weighted by Gasteiger charge is 2.27. The van der Waals surface area contributed by atoms with Crippen LogP contribution in [-0.2, 0) is 42.8 Å². The van der Waals surface area contributed by atoms with E-state index in [1.165, 1.54) is 24.8 Å². The van der Waals surface area contributed by atoms with Crippen LogP contribution in [-0.4, -0.2) is 139 Å². The zero-order valence-electron chi connectivity index (χ0n) is 48.3. The molecular formula is C55H62ClN15O18S2. The predicted octanol–water partition coefficient (Wildman–Crippen LogP) is 7.55. The number of nitrogens with one attached hydrogen (secondary N) is 1. The van der Waals surface area contributed by atoms with Gasteiger partial charge in [-0.1, -0.05) is 85.3 Å². The second kappa shape index (κ2) is 35.1. The summed E-state index contributed by atoms with van der Waals surface area (Å²) in [5, 5.41) is 46.3. The molecule has 0 saturated heterocycles. The molecular weight excluding hydrogens is 1260 g/mol. The number of nitro groups is 2. The number of nitrogen functional groups attached to an aromatic ring is 1. The second-order valence-electron chi connectivity index (χ2n) is 16.8. The maximum atomic E-state index is 11.9. The molecule has 0 bridgehead atoms. The van der Waals surface area contributed by atoms with Gasteiger partial charge in [-0.15, -0.1) is 14.9 Å². The van der Waals surface area contributed by atoms with Gasteiger partial charge < -0.3 is 55.8 Å². The largest absolute Gasteiger partial charge is 0.461 e. The normalized spacial score (nSPS) is 10.4. The number of sulfonamides is 1. The van der Waals surface area contributed by atoms with Crippen LogP contribution in [0.25, 0.3) is 22.7 Å². The van der Waals surface area contributed by atoms with Crippen LogP contribution in [0.5, 0.6) is 0 Å². The molecule has 36 heteroatoms. The lowest BCUT2D eigenvalue weighted by atomic mass is 10.3. The van der Waals surface area contributed by atoms with Gasteiger partial charge in [-0.2, -0.15) is 10.2 Å². The minimum Gasteiger partial charge on any atom is -0.461 e. The van der Waals surface area contributed by atoms with Crippen molar-refractivity contribution in [3.63, 3.8) is 0 Å². The number of H-pyrrole nitrogens is 1. The lowest BCUT2D eigenvalue weighted by molar-refractivity contribution is -0.389.